The molecule has 0 amide bonds. The average Bonchev–Trinajstić information content (AvgIpc) is 2.39. The molecule has 0 aromatic heterocycles. The summed E-state index contributed by atoms with van der Waals surface area (Å²) in [5.74, 6) is 0.574. The average molecular weight is 265 g/mol. The largest absolute Gasteiger partial charge is 0.495 e. The van der Waals surface area contributed by atoms with Crippen molar-refractivity contribution in [2.45, 2.75) is 0 Å². The summed E-state index contributed by atoms with van der Waals surface area (Å²) in [4.78, 5) is 0. The maximum Gasteiger partial charge on any atom is 0.170 e. The first-order valence-corrected chi connectivity index (χ1v) is 5.74. The monoisotopic (exact) mass is 265 g/mol. The number of hydrogen-bond donors (Lipinski definition) is 2. The molecule has 6 heteroatoms. The number of benzene rings is 1. The van der Waals surface area contributed by atoms with Crippen LogP contribution >= 0.6 is 12.2 Å². The Bertz CT molecular complexity index is 457. The molecular weight excluding hydrogens is 250 g/mol. The zero-order valence-electron chi connectivity index (χ0n) is 10.3. The summed E-state index contributed by atoms with van der Waals surface area (Å²) in [6.07, 6.45) is 0. The number of methoxy groups -OCH3 is 2. The van der Waals surface area contributed by atoms with E-state index >= 15 is 0 Å². The molecule has 0 aliphatic rings. The van der Waals surface area contributed by atoms with E-state index in [4.69, 9.17) is 27.0 Å². The van der Waals surface area contributed by atoms with E-state index in [9.17, 15) is 0 Å². The molecule has 1 aromatic rings. The van der Waals surface area contributed by atoms with Crippen molar-refractivity contribution in [1.29, 1.82) is 5.26 Å². The van der Waals surface area contributed by atoms with Gasteiger partial charge < -0.3 is 20.1 Å². The van der Waals surface area contributed by atoms with Crippen LogP contribution in [0.1, 0.15) is 5.56 Å². The van der Waals surface area contributed by atoms with Gasteiger partial charge in [0.05, 0.1) is 31.0 Å². The van der Waals surface area contributed by atoms with Gasteiger partial charge in [-0.15, -0.1) is 0 Å². The molecule has 0 saturated heterocycles. The second-order valence-electron chi connectivity index (χ2n) is 3.40. The van der Waals surface area contributed by atoms with E-state index < -0.39 is 0 Å². The highest BCUT2D eigenvalue weighted by molar-refractivity contribution is 7.80. The van der Waals surface area contributed by atoms with Gasteiger partial charge in [-0.05, 0) is 24.4 Å². The molecule has 1 aromatic carbocycles. The first-order chi connectivity index (χ1) is 8.71. The second kappa shape index (κ2) is 7.48. The third-order valence-electron chi connectivity index (χ3n) is 2.17. The van der Waals surface area contributed by atoms with Crippen molar-refractivity contribution in [3.63, 3.8) is 0 Å². The molecule has 0 saturated carbocycles. The molecule has 18 heavy (non-hydrogen) atoms. The molecule has 96 valence electrons. The number of rotatable bonds is 5. The minimum absolute atomic E-state index is 0.482. The van der Waals surface area contributed by atoms with Crippen molar-refractivity contribution in [1.82, 2.24) is 5.32 Å². The van der Waals surface area contributed by atoms with Crippen LogP contribution in [0, 0.1) is 11.3 Å². The molecule has 0 aliphatic heterocycles. The Balaban J connectivity index is 2.66. The van der Waals surface area contributed by atoms with Gasteiger partial charge in [0.25, 0.3) is 0 Å². The van der Waals surface area contributed by atoms with Gasteiger partial charge in [-0.3, -0.25) is 0 Å². The second-order valence-corrected chi connectivity index (χ2v) is 3.81. The van der Waals surface area contributed by atoms with Crippen molar-refractivity contribution < 1.29 is 9.47 Å². The summed E-state index contributed by atoms with van der Waals surface area (Å²) in [7, 11) is 3.17. The lowest BCUT2D eigenvalue weighted by Crippen LogP contribution is -2.31. The molecule has 5 nitrogen and oxygen atoms in total. The third kappa shape index (κ3) is 4.20. The van der Waals surface area contributed by atoms with Gasteiger partial charge >= 0.3 is 0 Å². The summed E-state index contributed by atoms with van der Waals surface area (Å²) in [5.41, 5.74) is 1.25. The van der Waals surface area contributed by atoms with Gasteiger partial charge in [-0.25, -0.2) is 0 Å². The number of hydrogen-bond acceptors (Lipinski definition) is 4. The third-order valence-corrected chi connectivity index (χ3v) is 2.42. The van der Waals surface area contributed by atoms with E-state index in [0.717, 1.165) is 0 Å². The molecule has 2 N–H and O–H groups in total. The fourth-order valence-corrected chi connectivity index (χ4v) is 1.51. The van der Waals surface area contributed by atoms with Gasteiger partial charge in [0.2, 0.25) is 0 Å². The summed E-state index contributed by atoms with van der Waals surface area (Å²) in [6, 6.07) is 7.15. The Morgan fingerprint density at radius 1 is 1.44 bits per heavy atom. The highest BCUT2D eigenvalue weighted by Crippen LogP contribution is 2.25. The van der Waals surface area contributed by atoms with E-state index in [-0.39, 0.29) is 0 Å². The fourth-order valence-electron chi connectivity index (χ4n) is 1.30. The summed E-state index contributed by atoms with van der Waals surface area (Å²) in [5, 5.41) is 15.3. The van der Waals surface area contributed by atoms with Crippen LogP contribution in [0.15, 0.2) is 18.2 Å². The normalized spacial score (nSPS) is 9.39. The summed E-state index contributed by atoms with van der Waals surface area (Å²) < 4.78 is 10.1. The van der Waals surface area contributed by atoms with E-state index in [1.807, 2.05) is 0 Å². The first-order valence-electron chi connectivity index (χ1n) is 5.33. The lowest BCUT2D eigenvalue weighted by molar-refractivity contribution is 0.204. The molecule has 0 heterocycles. The quantitative estimate of drug-likeness (QED) is 0.621. The van der Waals surface area contributed by atoms with Crippen molar-refractivity contribution in [2.24, 2.45) is 0 Å². The van der Waals surface area contributed by atoms with Crippen molar-refractivity contribution in [3.05, 3.63) is 23.8 Å². The molecule has 1 rings (SSSR count). The number of nitriles is 1. The maximum atomic E-state index is 8.80. The van der Waals surface area contributed by atoms with Gasteiger partial charge in [0, 0.05) is 19.7 Å². The van der Waals surface area contributed by atoms with Crippen LogP contribution in [-0.4, -0.2) is 32.5 Å². The van der Waals surface area contributed by atoms with Crippen molar-refractivity contribution in [2.75, 3.05) is 32.7 Å². The van der Waals surface area contributed by atoms with Crippen molar-refractivity contribution >= 4 is 23.0 Å². The van der Waals surface area contributed by atoms with Crippen LogP contribution in [0.25, 0.3) is 0 Å². The van der Waals surface area contributed by atoms with Crippen LogP contribution in [0.3, 0.4) is 0 Å². The molecule has 0 fully saturated rings. The van der Waals surface area contributed by atoms with E-state index in [0.29, 0.717) is 35.3 Å². The lowest BCUT2D eigenvalue weighted by atomic mass is 10.2. The number of anilines is 1. The Morgan fingerprint density at radius 3 is 2.83 bits per heavy atom. The van der Waals surface area contributed by atoms with E-state index in [2.05, 4.69) is 16.7 Å². The standard InChI is InChI=1S/C12H15N3O2S/c1-16-6-5-14-12(18)15-10-4-3-9(8-13)7-11(10)17-2/h3-4,7H,5-6H2,1-2H3,(H2,14,15,18). The molecule has 0 unspecified atom stereocenters. The highest BCUT2D eigenvalue weighted by atomic mass is 32.1. The van der Waals surface area contributed by atoms with E-state index in [1.54, 1.807) is 32.4 Å². The Kier molecular flexibility index (Phi) is 5.91. The topological polar surface area (TPSA) is 66.3 Å². The van der Waals surface area contributed by atoms with Crippen LogP contribution in [0.2, 0.25) is 0 Å². The Morgan fingerprint density at radius 2 is 2.22 bits per heavy atom. The van der Waals surface area contributed by atoms with Gasteiger partial charge in [0.1, 0.15) is 5.75 Å². The van der Waals surface area contributed by atoms with Gasteiger partial charge in [0.15, 0.2) is 5.11 Å². The number of nitrogens with zero attached hydrogens (tertiary/aromatic N) is 1. The number of nitrogens with one attached hydrogen (secondary N) is 2. The number of ether oxygens (including phenoxy) is 2. The zero-order chi connectivity index (χ0) is 13.4. The number of thiocarbonyl (C=S) groups is 1. The van der Waals surface area contributed by atoms with Crippen LogP contribution in [0.4, 0.5) is 5.69 Å². The SMILES string of the molecule is COCCNC(=S)Nc1ccc(C#N)cc1OC. The van der Waals surface area contributed by atoms with Gasteiger partial charge in [-0.1, -0.05) is 0 Å². The molecule has 0 bridgehead atoms. The van der Waals surface area contributed by atoms with E-state index in [1.165, 1.54) is 0 Å². The van der Waals surface area contributed by atoms with Crippen molar-refractivity contribution in [3.8, 4) is 11.8 Å². The van der Waals surface area contributed by atoms with Crippen LogP contribution in [0.5, 0.6) is 5.75 Å². The molecular formula is C12H15N3O2S. The maximum absolute atomic E-state index is 8.80. The predicted octanol–water partition coefficient (Wildman–Crippen LogP) is 1.50. The lowest BCUT2D eigenvalue weighted by Gasteiger charge is -2.13. The molecule has 0 atom stereocenters. The minimum Gasteiger partial charge on any atom is -0.495 e. The Labute approximate surface area is 112 Å². The fraction of sp³-hybridized carbons (Fsp3) is 0.333. The smallest absolute Gasteiger partial charge is 0.170 e. The highest BCUT2D eigenvalue weighted by Gasteiger charge is 2.05. The van der Waals surface area contributed by atoms with Gasteiger partial charge in [-0.2, -0.15) is 5.26 Å². The van der Waals surface area contributed by atoms with Crippen LogP contribution < -0.4 is 15.4 Å². The molecule has 0 radical (unpaired) electrons. The predicted molar refractivity (Wildman–Crippen MR) is 73.8 cm³/mol. The first kappa shape index (κ1) is 14.2. The van der Waals surface area contributed by atoms with Crippen LogP contribution in [-0.2, 0) is 4.74 Å². The molecule has 0 aliphatic carbocycles. The molecule has 0 spiro atoms. The minimum atomic E-state index is 0.482. The summed E-state index contributed by atoms with van der Waals surface area (Å²) in [6.45, 7) is 1.20. The Hall–Kier alpha value is -1.84. The zero-order valence-corrected chi connectivity index (χ0v) is 11.1. The summed E-state index contributed by atoms with van der Waals surface area (Å²) >= 11 is 5.12.